The molecule has 0 unspecified atom stereocenters. The molecule has 0 fully saturated rings. The van der Waals surface area contributed by atoms with E-state index in [-0.39, 0.29) is 0 Å². The molecule has 0 bridgehead atoms. The first-order chi connectivity index (χ1) is 5.79. The second kappa shape index (κ2) is 7.24. The molecule has 0 aliphatic carbocycles. The molecule has 0 aromatic carbocycles. The summed E-state index contributed by atoms with van der Waals surface area (Å²) >= 11 is 1.82. The van der Waals surface area contributed by atoms with Crippen molar-refractivity contribution in [3.05, 3.63) is 10.5 Å². The van der Waals surface area contributed by atoms with Gasteiger partial charge in [-0.25, -0.2) is 0 Å². The lowest BCUT2D eigenvalue weighted by molar-refractivity contribution is 0.958. The van der Waals surface area contributed by atoms with Crippen LogP contribution in [0.3, 0.4) is 0 Å². The number of rotatable bonds is 5. The van der Waals surface area contributed by atoms with Crippen LogP contribution in [0.2, 0.25) is 0 Å². The molecule has 0 rings (SSSR count). The normalized spacial score (nSPS) is 9.17. The average Bonchev–Trinajstić information content (AvgIpc) is 2.07. The predicted octanol–water partition coefficient (Wildman–Crippen LogP) is 3.73. The fraction of sp³-hybridized carbons (Fsp3) is 0.700. The van der Waals surface area contributed by atoms with Crippen molar-refractivity contribution in [2.45, 2.75) is 40.0 Å². The molecule has 0 N–H and O–H groups in total. The molecule has 0 saturated carbocycles. The van der Waals surface area contributed by atoms with Gasteiger partial charge < -0.3 is 0 Å². The zero-order valence-corrected chi connectivity index (χ0v) is 9.00. The molecule has 12 heavy (non-hydrogen) atoms. The molecule has 1 nitrogen and oxygen atoms in total. The Labute approximate surface area is 79.8 Å². The van der Waals surface area contributed by atoms with Crippen LogP contribution in [-0.2, 0) is 0 Å². The standard InChI is InChI=1S/C10H17NS/c1-4-9(5-2)10(7-8-11)12-6-3/h4-7H2,1-3H3. The van der Waals surface area contributed by atoms with Crippen molar-refractivity contribution in [1.82, 2.24) is 0 Å². The summed E-state index contributed by atoms with van der Waals surface area (Å²) in [5.41, 5.74) is 1.45. The number of nitrogens with zero attached hydrogens (tertiary/aromatic N) is 1. The van der Waals surface area contributed by atoms with Crippen molar-refractivity contribution in [2.75, 3.05) is 5.75 Å². The topological polar surface area (TPSA) is 23.8 Å². The Morgan fingerprint density at radius 3 is 2.17 bits per heavy atom. The first-order valence-corrected chi connectivity index (χ1v) is 5.49. The maximum atomic E-state index is 8.61. The van der Waals surface area contributed by atoms with E-state index in [1.807, 2.05) is 11.8 Å². The quantitative estimate of drug-likeness (QED) is 0.648. The minimum atomic E-state index is 0.593. The summed E-state index contributed by atoms with van der Waals surface area (Å²) in [5.74, 6) is 1.07. The number of hydrogen-bond acceptors (Lipinski definition) is 2. The number of thioether (sulfide) groups is 1. The first kappa shape index (κ1) is 11.6. The van der Waals surface area contributed by atoms with Crippen molar-refractivity contribution in [2.24, 2.45) is 0 Å². The van der Waals surface area contributed by atoms with Crippen LogP contribution in [0.25, 0.3) is 0 Å². The van der Waals surface area contributed by atoms with E-state index in [9.17, 15) is 0 Å². The van der Waals surface area contributed by atoms with Crippen LogP contribution < -0.4 is 0 Å². The van der Waals surface area contributed by atoms with E-state index >= 15 is 0 Å². The molecule has 0 heterocycles. The summed E-state index contributed by atoms with van der Waals surface area (Å²) in [5, 5.41) is 8.61. The third-order valence-corrected chi connectivity index (χ3v) is 2.88. The minimum absolute atomic E-state index is 0.593. The highest BCUT2D eigenvalue weighted by atomic mass is 32.2. The van der Waals surface area contributed by atoms with Crippen molar-refractivity contribution in [3.63, 3.8) is 0 Å². The summed E-state index contributed by atoms with van der Waals surface area (Å²) in [6.45, 7) is 6.45. The molecule has 0 saturated heterocycles. The molecule has 0 aliphatic rings. The minimum Gasteiger partial charge on any atom is -0.198 e. The second-order valence-corrected chi connectivity index (χ2v) is 3.86. The predicted molar refractivity (Wildman–Crippen MR) is 56.0 cm³/mol. The van der Waals surface area contributed by atoms with Gasteiger partial charge in [0, 0.05) is 0 Å². The SMILES string of the molecule is CCSC(CC#N)=C(CC)CC. The summed E-state index contributed by atoms with van der Waals surface area (Å²) in [6.07, 6.45) is 2.76. The van der Waals surface area contributed by atoms with E-state index in [4.69, 9.17) is 5.26 Å². The molecule has 0 atom stereocenters. The van der Waals surface area contributed by atoms with E-state index in [1.165, 1.54) is 10.5 Å². The summed E-state index contributed by atoms with van der Waals surface area (Å²) in [6, 6.07) is 2.22. The summed E-state index contributed by atoms with van der Waals surface area (Å²) < 4.78 is 0. The molecule has 0 spiro atoms. The van der Waals surface area contributed by atoms with E-state index in [2.05, 4.69) is 26.8 Å². The van der Waals surface area contributed by atoms with Gasteiger partial charge in [-0.15, -0.1) is 11.8 Å². The molecule has 0 aromatic rings. The van der Waals surface area contributed by atoms with Crippen LogP contribution in [0, 0.1) is 11.3 Å². The molecule has 0 amide bonds. The average molecular weight is 183 g/mol. The fourth-order valence-electron chi connectivity index (χ4n) is 1.17. The molecule has 68 valence electrons. The highest BCUT2D eigenvalue weighted by molar-refractivity contribution is 8.03. The van der Waals surface area contributed by atoms with Gasteiger partial charge in [-0.3, -0.25) is 0 Å². The zero-order valence-electron chi connectivity index (χ0n) is 8.18. The third-order valence-electron chi connectivity index (χ3n) is 1.81. The maximum absolute atomic E-state index is 8.61. The Bertz CT molecular complexity index is 183. The Hall–Kier alpha value is -0.420. The van der Waals surface area contributed by atoms with Gasteiger partial charge in [0.1, 0.15) is 0 Å². The third kappa shape index (κ3) is 3.82. The van der Waals surface area contributed by atoms with Gasteiger partial charge in [-0.1, -0.05) is 26.3 Å². The van der Waals surface area contributed by atoms with Crippen LogP contribution in [0.4, 0.5) is 0 Å². The van der Waals surface area contributed by atoms with Gasteiger partial charge in [0.2, 0.25) is 0 Å². The molecular weight excluding hydrogens is 166 g/mol. The van der Waals surface area contributed by atoms with Crippen LogP contribution in [0.5, 0.6) is 0 Å². The lowest BCUT2D eigenvalue weighted by Gasteiger charge is -2.07. The molecule has 0 radical (unpaired) electrons. The lowest BCUT2D eigenvalue weighted by atomic mass is 10.1. The Morgan fingerprint density at radius 1 is 1.25 bits per heavy atom. The molecule has 0 aliphatic heterocycles. The maximum Gasteiger partial charge on any atom is 0.0675 e. The van der Waals surface area contributed by atoms with Crippen molar-refractivity contribution >= 4 is 11.8 Å². The molecule has 2 heteroatoms. The van der Waals surface area contributed by atoms with Crippen molar-refractivity contribution in [3.8, 4) is 6.07 Å². The Balaban J connectivity index is 4.41. The van der Waals surface area contributed by atoms with Crippen molar-refractivity contribution < 1.29 is 0 Å². The lowest BCUT2D eigenvalue weighted by Crippen LogP contribution is -1.87. The first-order valence-electron chi connectivity index (χ1n) is 4.50. The number of nitriles is 1. The van der Waals surface area contributed by atoms with Gasteiger partial charge in [-0.05, 0) is 23.5 Å². The number of hydrogen-bond donors (Lipinski definition) is 0. The van der Waals surface area contributed by atoms with Gasteiger partial charge in [0.15, 0.2) is 0 Å². The van der Waals surface area contributed by atoms with Gasteiger partial charge in [0.25, 0.3) is 0 Å². The number of allylic oxidation sites excluding steroid dienone is 2. The highest BCUT2D eigenvalue weighted by Crippen LogP contribution is 2.26. The van der Waals surface area contributed by atoms with Crippen LogP contribution >= 0.6 is 11.8 Å². The van der Waals surface area contributed by atoms with E-state index in [1.54, 1.807) is 0 Å². The Kier molecular flexibility index (Phi) is 6.99. The van der Waals surface area contributed by atoms with Gasteiger partial charge >= 0.3 is 0 Å². The van der Waals surface area contributed by atoms with E-state index < -0.39 is 0 Å². The molecular formula is C10H17NS. The summed E-state index contributed by atoms with van der Waals surface area (Å²) in [7, 11) is 0. The molecule has 0 aromatic heterocycles. The monoisotopic (exact) mass is 183 g/mol. The van der Waals surface area contributed by atoms with Crippen LogP contribution in [0.15, 0.2) is 10.5 Å². The summed E-state index contributed by atoms with van der Waals surface area (Å²) in [4.78, 5) is 1.30. The smallest absolute Gasteiger partial charge is 0.0675 e. The largest absolute Gasteiger partial charge is 0.198 e. The second-order valence-electron chi connectivity index (χ2n) is 2.50. The van der Waals surface area contributed by atoms with Gasteiger partial charge in [0.05, 0.1) is 12.5 Å². The van der Waals surface area contributed by atoms with E-state index in [0.29, 0.717) is 6.42 Å². The van der Waals surface area contributed by atoms with E-state index in [0.717, 1.165) is 18.6 Å². The van der Waals surface area contributed by atoms with Crippen LogP contribution in [0.1, 0.15) is 40.0 Å². The Morgan fingerprint density at radius 2 is 1.83 bits per heavy atom. The fourth-order valence-corrected chi connectivity index (χ4v) is 2.18. The zero-order chi connectivity index (χ0) is 9.40. The van der Waals surface area contributed by atoms with Crippen molar-refractivity contribution in [1.29, 1.82) is 5.26 Å². The van der Waals surface area contributed by atoms with Gasteiger partial charge in [-0.2, -0.15) is 5.26 Å². The highest BCUT2D eigenvalue weighted by Gasteiger charge is 2.02. The van der Waals surface area contributed by atoms with Crippen LogP contribution in [-0.4, -0.2) is 5.75 Å².